The van der Waals surface area contributed by atoms with E-state index in [0.717, 1.165) is 50.6 Å². The molecule has 1 amide bonds. The molecule has 2 N–H and O–H groups in total. The van der Waals surface area contributed by atoms with Crippen LogP contribution in [0, 0.1) is 5.92 Å². The Morgan fingerprint density at radius 1 is 1.28 bits per heavy atom. The molecule has 1 aliphatic heterocycles. The number of carbonyl (C=O) groups excluding carboxylic acids is 1. The maximum absolute atomic E-state index is 12.6. The van der Waals surface area contributed by atoms with Gasteiger partial charge in [0.05, 0.1) is 7.11 Å². The molecule has 29 heavy (non-hydrogen) atoms. The van der Waals surface area contributed by atoms with Gasteiger partial charge in [-0.1, -0.05) is 38.0 Å². The Labute approximate surface area is 191 Å². The van der Waals surface area contributed by atoms with Crippen molar-refractivity contribution < 1.29 is 9.53 Å². The zero-order valence-corrected chi connectivity index (χ0v) is 20.1. The van der Waals surface area contributed by atoms with Crippen molar-refractivity contribution in [3.05, 3.63) is 29.8 Å². The molecule has 1 saturated carbocycles. The summed E-state index contributed by atoms with van der Waals surface area (Å²) in [6, 6.07) is 8.38. The predicted molar refractivity (Wildman–Crippen MR) is 128 cm³/mol. The van der Waals surface area contributed by atoms with Crippen LogP contribution in [0.2, 0.25) is 0 Å². The van der Waals surface area contributed by atoms with Gasteiger partial charge in [-0.3, -0.25) is 9.79 Å². The van der Waals surface area contributed by atoms with E-state index in [1.807, 2.05) is 23.1 Å². The fraction of sp³-hybridized carbons (Fsp3) is 0.636. The van der Waals surface area contributed by atoms with Crippen molar-refractivity contribution >= 4 is 35.8 Å². The third kappa shape index (κ3) is 6.23. The van der Waals surface area contributed by atoms with Crippen LogP contribution in [0.4, 0.5) is 0 Å². The summed E-state index contributed by atoms with van der Waals surface area (Å²) in [5.41, 5.74) is 1.18. The number of methoxy groups -OCH3 is 1. The minimum atomic E-state index is 0. The van der Waals surface area contributed by atoms with Crippen LogP contribution < -0.4 is 15.4 Å². The maximum atomic E-state index is 12.6. The number of carbonyl (C=O) groups is 1. The van der Waals surface area contributed by atoms with Crippen molar-refractivity contribution in [1.29, 1.82) is 0 Å². The molecule has 0 radical (unpaired) electrons. The van der Waals surface area contributed by atoms with Gasteiger partial charge in [-0.25, -0.2) is 0 Å². The molecule has 2 aliphatic rings. The van der Waals surface area contributed by atoms with Gasteiger partial charge in [0, 0.05) is 44.6 Å². The zero-order valence-electron chi connectivity index (χ0n) is 17.8. The lowest BCUT2D eigenvalue weighted by Crippen LogP contribution is -2.46. The highest BCUT2D eigenvalue weighted by molar-refractivity contribution is 14.0. The highest BCUT2D eigenvalue weighted by Crippen LogP contribution is 2.28. The minimum Gasteiger partial charge on any atom is -0.496 e. The van der Waals surface area contributed by atoms with Gasteiger partial charge in [0.25, 0.3) is 0 Å². The molecule has 2 atom stereocenters. The standard InChI is InChI=1S/C22H34N4O2.HI/c1-16(19-10-6-7-11-20(19)28-3)14-24-22(23-2)25-18-12-13-26(15-18)21(27)17-8-4-5-9-17;/h6-7,10-11,16-18H,4-5,8-9,12-15H2,1-3H3,(H2,23,24,25);1H. The second-order valence-corrected chi connectivity index (χ2v) is 7.99. The molecule has 3 rings (SSSR count). The number of nitrogens with zero attached hydrogens (tertiary/aromatic N) is 2. The average molecular weight is 514 g/mol. The van der Waals surface area contributed by atoms with E-state index in [4.69, 9.17) is 4.74 Å². The number of guanidine groups is 1. The Kier molecular flexibility index (Phi) is 9.52. The number of ether oxygens (including phenoxy) is 1. The van der Waals surface area contributed by atoms with Crippen molar-refractivity contribution in [3.63, 3.8) is 0 Å². The zero-order chi connectivity index (χ0) is 19.9. The molecule has 1 aromatic rings. The molecular weight excluding hydrogens is 479 g/mol. The van der Waals surface area contributed by atoms with E-state index in [2.05, 4.69) is 28.6 Å². The molecule has 2 fully saturated rings. The smallest absolute Gasteiger partial charge is 0.225 e. The van der Waals surface area contributed by atoms with E-state index >= 15 is 0 Å². The Morgan fingerprint density at radius 2 is 2.00 bits per heavy atom. The van der Waals surface area contributed by atoms with Gasteiger partial charge in [-0.15, -0.1) is 24.0 Å². The molecule has 7 heteroatoms. The Hall–Kier alpha value is -1.51. The second-order valence-electron chi connectivity index (χ2n) is 7.99. The number of para-hydroxylation sites is 1. The number of aliphatic imine (C=N–C) groups is 1. The van der Waals surface area contributed by atoms with Gasteiger partial charge in [0.15, 0.2) is 5.96 Å². The molecular formula is C22H35IN4O2. The Bertz CT molecular complexity index is 691. The van der Waals surface area contributed by atoms with Crippen molar-refractivity contribution in [1.82, 2.24) is 15.5 Å². The summed E-state index contributed by atoms with van der Waals surface area (Å²) in [7, 11) is 3.50. The van der Waals surface area contributed by atoms with Gasteiger partial charge in [0.2, 0.25) is 5.91 Å². The second kappa shape index (κ2) is 11.6. The topological polar surface area (TPSA) is 66.0 Å². The first-order valence-corrected chi connectivity index (χ1v) is 10.5. The first-order chi connectivity index (χ1) is 13.6. The van der Waals surface area contributed by atoms with E-state index in [9.17, 15) is 4.79 Å². The maximum Gasteiger partial charge on any atom is 0.225 e. The van der Waals surface area contributed by atoms with Gasteiger partial charge >= 0.3 is 0 Å². The number of hydrogen-bond acceptors (Lipinski definition) is 3. The van der Waals surface area contributed by atoms with E-state index in [1.165, 1.54) is 18.4 Å². The summed E-state index contributed by atoms with van der Waals surface area (Å²) in [6.07, 6.45) is 5.51. The summed E-state index contributed by atoms with van der Waals surface area (Å²) in [6.45, 7) is 4.56. The largest absolute Gasteiger partial charge is 0.496 e. The van der Waals surface area contributed by atoms with E-state index in [-0.39, 0.29) is 35.9 Å². The summed E-state index contributed by atoms with van der Waals surface area (Å²) >= 11 is 0. The van der Waals surface area contributed by atoms with E-state index in [1.54, 1.807) is 14.2 Å². The summed E-state index contributed by atoms with van der Waals surface area (Å²) in [5.74, 6) is 2.62. The number of amides is 1. The number of hydrogen-bond donors (Lipinski definition) is 2. The highest BCUT2D eigenvalue weighted by Gasteiger charge is 2.32. The first kappa shape index (κ1) is 23.8. The van der Waals surface area contributed by atoms with Crippen LogP contribution in [-0.4, -0.2) is 56.6 Å². The Morgan fingerprint density at radius 3 is 2.69 bits per heavy atom. The number of nitrogens with one attached hydrogen (secondary N) is 2. The predicted octanol–water partition coefficient (Wildman–Crippen LogP) is 3.37. The molecule has 2 unspecified atom stereocenters. The molecule has 0 aromatic heterocycles. The summed E-state index contributed by atoms with van der Waals surface area (Å²) in [4.78, 5) is 19.0. The van der Waals surface area contributed by atoms with Crippen molar-refractivity contribution in [2.24, 2.45) is 10.9 Å². The highest BCUT2D eigenvalue weighted by atomic mass is 127. The minimum absolute atomic E-state index is 0. The quantitative estimate of drug-likeness (QED) is 0.347. The summed E-state index contributed by atoms with van der Waals surface area (Å²) < 4.78 is 5.47. The molecule has 1 heterocycles. The Balaban J connectivity index is 0.00000300. The van der Waals surface area contributed by atoms with Crippen LogP contribution in [0.25, 0.3) is 0 Å². The van der Waals surface area contributed by atoms with Gasteiger partial charge in [-0.2, -0.15) is 0 Å². The van der Waals surface area contributed by atoms with Crippen molar-refractivity contribution in [2.45, 2.75) is 51.0 Å². The lowest BCUT2D eigenvalue weighted by molar-refractivity contribution is -0.134. The third-order valence-electron chi connectivity index (χ3n) is 6.01. The van der Waals surface area contributed by atoms with Gasteiger partial charge < -0.3 is 20.3 Å². The third-order valence-corrected chi connectivity index (χ3v) is 6.01. The van der Waals surface area contributed by atoms with Crippen molar-refractivity contribution in [2.75, 3.05) is 33.8 Å². The number of likely N-dealkylation sites (tertiary alicyclic amines) is 1. The van der Waals surface area contributed by atoms with Gasteiger partial charge in [-0.05, 0) is 30.9 Å². The molecule has 0 bridgehead atoms. The molecule has 1 saturated heterocycles. The number of rotatable bonds is 6. The monoisotopic (exact) mass is 514 g/mol. The normalized spacial score (nSPS) is 20.9. The number of halogens is 1. The number of benzene rings is 1. The van der Waals surface area contributed by atoms with Crippen LogP contribution in [0.15, 0.2) is 29.3 Å². The van der Waals surface area contributed by atoms with Crippen molar-refractivity contribution in [3.8, 4) is 5.75 Å². The lowest BCUT2D eigenvalue weighted by Gasteiger charge is -2.22. The fourth-order valence-corrected chi connectivity index (χ4v) is 4.33. The lowest BCUT2D eigenvalue weighted by atomic mass is 10.0. The van der Waals surface area contributed by atoms with Crippen LogP contribution in [-0.2, 0) is 4.79 Å². The van der Waals surface area contributed by atoms with E-state index in [0.29, 0.717) is 11.8 Å². The van der Waals surface area contributed by atoms with Crippen LogP contribution in [0.3, 0.4) is 0 Å². The van der Waals surface area contributed by atoms with Crippen LogP contribution in [0.5, 0.6) is 5.75 Å². The first-order valence-electron chi connectivity index (χ1n) is 10.5. The summed E-state index contributed by atoms with van der Waals surface area (Å²) in [5, 5.41) is 6.92. The SMILES string of the molecule is CN=C(NCC(C)c1ccccc1OC)NC1CCN(C(=O)C2CCCC2)C1.I. The van der Waals surface area contributed by atoms with Crippen LogP contribution >= 0.6 is 24.0 Å². The molecule has 1 aliphatic carbocycles. The molecule has 0 spiro atoms. The molecule has 6 nitrogen and oxygen atoms in total. The van der Waals surface area contributed by atoms with E-state index < -0.39 is 0 Å². The van der Waals surface area contributed by atoms with Gasteiger partial charge in [0.1, 0.15) is 5.75 Å². The fourth-order valence-electron chi connectivity index (χ4n) is 4.33. The van der Waals surface area contributed by atoms with Crippen LogP contribution in [0.1, 0.15) is 50.5 Å². The molecule has 1 aromatic carbocycles. The average Bonchev–Trinajstić information content (AvgIpc) is 3.42. The molecule has 162 valence electrons.